The summed E-state index contributed by atoms with van der Waals surface area (Å²) < 4.78 is 6.54. The number of carbonyl (C=O) groups excluding carboxylic acids is 1. The number of hydrogen-bond acceptors (Lipinski definition) is 5. The number of carbonyl (C=O) groups is 1. The summed E-state index contributed by atoms with van der Waals surface area (Å²) in [5.74, 6) is 0.0132. The van der Waals surface area contributed by atoms with E-state index in [0.717, 1.165) is 60.2 Å². The van der Waals surface area contributed by atoms with Crippen LogP contribution in [-0.2, 0) is 4.74 Å². The number of anilines is 1. The van der Waals surface area contributed by atoms with Crippen LogP contribution in [0.2, 0.25) is 0 Å². The van der Waals surface area contributed by atoms with E-state index >= 15 is 0 Å². The maximum absolute atomic E-state index is 13.2. The maximum atomic E-state index is 13.2. The predicted molar refractivity (Wildman–Crippen MR) is 122 cm³/mol. The molecule has 0 atom stereocenters. The number of aryl methyl sites for hydroxylation is 1. The number of ether oxygens (including phenoxy) is 1. The first-order valence-electron chi connectivity index (χ1n) is 9.75. The molecule has 29 heavy (non-hydrogen) atoms. The van der Waals surface area contributed by atoms with Gasteiger partial charge in [0.1, 0.15) is 0 Å². The zero-order chi connectivity index (χ0) is 19.3. The van der Waals surface area contributed by atoms with Crippen molar-refractivity contribution in [3.8, 4) is 0 Å². The van der Waals surface area contributed by atoms with Crippen LogP contribution in [0.4, 0.5) is 5.13 Å². The lowest BCUT2D eigenvalue weighted by Gasteiger charge is -2.27. The largest absolute Gasteiger partial charge is 0.379 e. The molecular weight excluding hydrogens is 406 g/mol. The number of thiazole rings is 1. The number of halogens is 1. The Morgan fingerprint density at radius 2 is 1.90 bits per heavy atom. The molecule has 5 nitrogen and oxygen atoms in total. The molecular formula is C22H26ClN3O2S. The quantitative estimate of drug-likeness (QED) is 0.580. The van der Waals surface area contributed by atoms with Crippen molar-refractivity contribution < 1.29 is 9.53 Å². The monoisotopic (exact) mass is 431 g/mol. The molecule has 7 heteroatoms. The summed E-state index contributed by atoms with van der Waals surface area (Å²) in [5.41, 5.74) is 2.83. The van der Waals surface area contributed by atoms with E-state index in [0.29, 0.717) is 12.1 Å². The smallest absolute Gasteiger partial charge is 0.260 e. The van der Waals surface area contributed by atoms with Gasteiger partial charge in [-0.05, 0) is 37.1 Å². The Morgan fingerprint density at radius 3 is 2.62 bits per heavy atom. The second-order valence-corrected chi connectivity index (χ2v) is 8.06. The molecule has 1 aliphatic heterocycles. The molecule has 0 N–H and O–H groups in total. The number of fused-ring (bicyclic) bond motifs is 1. The third-order valence-corrected chi connectivity index (χ3v) is 6.11. The zero-order valence-corrected chi connectivity index (χ0v) is 18.2. The molecule has 1 fully saturated rings. The van der Waals surface area contributed by atoms with Crippen molar-refractivity contribution in [2.75, 3.05) is 44.3 Å². The van der Waals surface area contributed by atoms with Gasteiger partial charge in [-0.2, -0.15) is 0 Å². The highest BCUT2D eigenvalue weighted by molar-refractivity contribution is 7.22. The molecule has 4 rings (SSSR count). The van der Waals surface area contributed by atoms with Crippen LogP contribution in [-0.4, -0.2) is 55.2 Å². The molecule has 0 unspecified atom stereocenters. The fourth-order valence-corrected chi connectivity index (χ4v) is 4.56. The standard InChI is InChI=1S/C22H25N3O2S.ClH/c1-17-7-5-10-19-20(17)23-22(28-19)25(21(26)18-8-3-2-4-9-18)12-6-11-24-13-15-27-16-14-24;/h2-5,7-10H,6,11-16H2,1H3;1H. The lowest BCUT2D eigenvalue weighted by Crippen LogP contribution is -2.39. The molecule has 0 radical (unpaired) electrons. The van der Waals surface area contributed by atoms with Gasteiger partial charge in [0.2, 0.25) is 0 Å². The summed E-state index contributed by atoms with van der Waals surface area (Å²) in [7, 11) is 0. The Balaban J connectivity index is 0.00000240. The average Bonchev–Trinajstić information content (AvgIpc) is 3.17. The molecule has 2 aromatic carbocycles. The van der Waals surface area contributed by atoms with Crippen LogP contribution in [0.15, 0.2) is 48.5 Å². The Kier molecular flexibility index (Phi) is 7.61. The normalized spacial score (nSPS) is 14.5. The predicted octanol–water partition coefficient (Wildman–Crippen LogP) is 4.40. The number of benzene rings is 2. The Labute approximate surface area is 181 Å². The highest BCUT2D eigenvalue weighted by Gasteiger charge is 2.22. The van der Waals surface area contributed by atoms with Crippen LogP contribution in [0.3, 0.4) is 0 Å². The molecule has 0 bridgehead atoms. The average molecular weight is 432 g/mol. The van der Waals surface area contributed by atoms with Gasteiger partial charge in [-0.3, -0.25) is 14.6 Å². The van der Waals surface area contributed by atoms with Crippen molar-refractivity contribution >= 4 is 45.0 Å². The van der Waals surface area contributed by atoms with Crippen LogP contribution < -0.4 is 4.90 Å². The highest BCUT2D eigenvalue weighted by atomic mass is 35.5. The summed E-state index contributed by atoms with van der Waals surface area (Å²) >= 11 is 1.59. The van der Waals surface area contributed by atoms with E-state index in [4.69, 9.17) is 9.72 Å². The number of rotatable bonds is 6. The molecule has 1 amide bonds. The number of nitrogens with zero attached hydrogens (tertiary/aromatic N) is 3. The van der Waals surface area contributed by atoms with Gasteiger partial charge < -0.3 is 4.74 Å². The number of amides is 1. The lowest BCUT2D eigenvalue weighted by atomic mass is 10.2. The molecule has 0 spiro atoms. The Bertz CT molecular complexity index is 942. The molecule has 0 aliphatic carbocycles. The summed E-state index contributed by atoms with van der Waals surface area (Å²) in [6.07, 6.45) is 0.910. The van der Waals surface area contributed by atoms with E-state index in [-0.39, 0.29) is 18.3 Å². The SMILES string of the molecule is Cc1cccc2sc(N(CCCN3CCOCC3)C(=O)c3ccccc3)nc12.Cl. The molecule has 1 saturated heterocycles. The minimum Gasteiger partial charge on any atom is -0.379 e. The van der Waals surface area contributed by atoms with E-state index in [2.05, 4.69) is 24.0 Å². The summed E-state index contributed by atoms with van der Waals surface area (Å²) in [6, 6.07) is 15.7. The van der Waals surface area contributed by atoms with Gasteiger partial charge >= 0.3 is 0 Å². The number of morpholine rings is 1. The van der Waals surface area contributed by atoms with E-state index in [1.54, 1.807) is 11.3 Å². The third kappa shape index (κ3) is 5.14. The first-order valence-corrected chi connectivity index (χ1v) is 10.6. The molecule has 1 aliphatic rings. The molecule has 3 aromatic rings. The van der Waals surface area contributed by atoms with Gasteiger partial charge in [-0.1, -0.05) is 41.7 Å². The summed E-state index contributed by atoms with van der Waals surface area (Å²) in [4.78, 5) is 22.3. The molecule has 2 heterocycles. The van der Waals surface area contributed by atoms with E-state index in [9.17, 15) is 4.79 Å². The molecule has 0 saturated carbocycles. The topological polar surface area (TPSA) is 45.7 Å². The third-order valence-electron chi connectivity index (χ3n) is 5.07. The zero-order valence-electron chi connectivity index (χ0n) is 16.5. The maximum Gasteiger partial charge on any atom is 0.260 e. The van der Waals surface area contributed by atoms with Crippen molar-refractivity contribution in [3.63, 3.8) is 0 Å². The van der Waals surface area contributed by atoms with Crippen LogP contribution in [0.5, 0.6) is 0 Å². The van der Waals surface area contributed by atoms with Crippen molar-refractivity contribution in [1.29, 1.82) is 0 Å². The second kappa shape index (κ2) is 10.2. The fourth-order valence-electron chi connectivity index (χ4n) is 3.49. The van der Waals surface area contributed by atoms with E-state index in [1.165, 1.54) is 0 Å². The molecule has 1 aromatic heterocycles. The number of para-hydroxylation sites is 1. The van der Waals surface area contributed by atoms with Crippen LogP contribution in [0.25, 0.3) is 10.2 Å². The van der Waals surface area contributed by atoms with Crippen molar-refractivity contribution in [2.24, 2.45) is 0 Å². The second-order valence-electron chi connectivity index (χ2n) is 7.05. The van der Waals surface area contributed by atoms with Crippen LogP contribution >= 0.6 is 23.7 Å². The van der Waals surface area contributed by atoms with Gasteiger partial charge in [0.05, 0.1) is 23.4 Å². The van der Waals surface area contributed by atoms with Crippen LogP contribution in [0, 0.1) is 6.92 Å². The van der Waals surface area contributed by atoms with Crippen molar-refractivity contribution in [1.82, 2.24) is 9.88 Å². The first kappa shape index (κ1) is 21.7. The van der Waals surface area contributed by atoms with Crippen LogP contribution in [0.1, 0.15) is 22.3 Å². The Hall–Kier alpha value is -1.99. The van der Waals surface area contributed by atoms with Gasteiger partial charge in [-0.25, -0.2) is 4.98 Å². The minimum absolute atomic E-state index is 0. The molecule has 154 valence electrons. The van der Waals surface area contributed by atoms with Crippen molar-refractivity contribution in [3.05, 3.63) is 59.7 Å². The first-order chi connectivity index (χ1) is 13.7. The summed E-state index contributed by atoms with van der Waals surface area (Å²) in [6.45, 7) is 7.21. The van der Waals surface area contributed by atoms with Gasteiger partial charge in [0, 0.05) is 31.7 Å². The fraction of sp³-hybridized carbons (Fsp3) is 0.364. The lowest BCUT2D eigenvalue weighted by molar-refractivity contribution is 0.0376. The van der Waals surface area contributed by atoms with E-state index < -0.39 is 0 Å². The highest BCUT2D eigenvalue weighted by Crippen LogP contribution is 2.31. The van der Waals surface area contributed by atoms with E-state index in [1.807, 2.05) is 41.3 Å². The Morgan fingerprint density at radius 1 is 1.14 bits per heavy atom. The minimum atomic E-state index is 0. The van der Waals surface area contributed by atoms with Gasteiger partial charge in [0.25, 0.3) is 5.91 Å². The number of hydrogen-bond donors (Lipinski definition) is 0. The van der Waals surface area contributed by atoms with Gasteiger partial charge in [0.15, 0.2) is 5.13 Å². The van der Waals surface area contributed by atoms with Crippen molar-refractivity contribution in [2.45, 2.75) is 13.3 Å². The van der Waals surface area contributed by atoms with Gasteiger partial charge in [-0.15, -0.1) is 12.4 Å². The summed E-state index contributed by atoms with van der Waals surface area (Å²) in [5, 5.41) is 0.778. The number of aromatic nitrogens is 1.